The number of para-hydroxylation sites is 1. The Morgan fingerprint density at radius 1 is 1.15 bits per heavy atom. The van der Waals surface area contributed by atoms with E-state index in [4.69, 9.17) is 5.73 Å². The molecular weight excluding hydrogens is 318 g/mol. The normalized spacial score (nSPS) is 10.7. The maximum absolute atomic E-state index is 6.01. The average Bonchev–Trinajstić information content (AvgIpc) is 2.91. The molecule has 3 rings (SSSR count). The zero-order chi connectivity index (χ0) is 14.1. The lowest BCUT2D eigenvalue weighted by atomic mass is 10.1. The van der Waals surface area contributed by atoms with Crippen LogP contribution in [0.3, 0.4) is 0 Å². The third kappa shape index (κ3) is 2.18. The van der Waals surface area contributed by atoms with Gasteiger partial charge in [-0.15, -0.1) is 5.10 Å². The molecule has 100 valence electrons. The highest BCUT2D eigenvalue weighted by atomic mass is 79.9. The van der Waals surface area contributed by atoms with Gasteiger partial charge in [0, 0.05) is 15.7 Å². The predicted octanol–water partition coefficient (Wildman–Crippen LogP) is 2.98. The molecule has 5 nitrogen and oxygen atoms in total. The van der Waals surface area contributed by atoms with Crippen molar-refractivity contribution in [1.82, 2.24) is 20.2 Å². The van der Waals surface area contributed by atoms with Crippen molar-refractivity contribution in [3.8, 4) is 17.1 Å². The van der Waals surface area contributed by atoms with E-state index in [1.807, 2.05) is 49.4 Å². The summed E-state index contributed by atoms with van der Waals surface area (Å²) < 4.78 is 2.61. The highest BCUT2D eigenvalue weighted by Gasteiger charge is 2.15. The molecular formula is C14H12BrN5. The maximum atomic E-state index is 6.01. The lowest BCUT2D eigenvalue weighted by molar-refractivity contribution is 0.788. The van der Waals surface area contributed by atoms with Crippen molar-refractivity contribution in [3.05, 3.63) is 52.5 Å². The van der Waals surface area contributed by atoms with E-state index < -0.39 is 0 Å². The Labute approximate surface area is 124 Å². The fourth-order valence-electron chi connectivity index (χ4n) is 2.00. The van der Waals surface area contributed by atoms with E-state index in [0.29, 0.717) is 11.5 Å². The summed E-state index contributed by atoms with van der Waals surface area (Å²) in [5.74, 6) is 0.620. The second-order valence-corrected chi connectivity index (χ2v) is 5.31. The zero-order valence-electron chi connectivity index (χ0n) is 10.8. The molecule has 0 amide bonds. The number of benzene rings is 2. The molecule has 1 heterocycles. The highest BCUT2D eigenvalue weighted by molar-refractivity contribution is 9.10. The van der Waals surface area contributed by atoms with Crippen LogP contribution in [0.15, 0.2) is 46.9 Å². The van der Waals surface area contributed by atoms with Crippen molar-refractivity contribution in [3.63, 3.8) is 0 Å². The van der Waals surface area contributed by atoms with Crippen LogP contribution in [0.5, 0.6) is 0 Å². The minimum atomic E-state index is 0.620. The Morgan fingerprint density at radius 3 is 2.75 bits per heavy atom. The lowest BCUT2D eigenvalue weighted by Crippen LogP contribution is -2.02. The van der Waals surface area contributed by atoms with Crippen LogP contribution >= 0.6 is 15.9 Å². The second-order valence-electron chi connectivity index (χ2n) is 4.46. The first-order chi connectivity index (χ1) is 9.66. The molecule has 0 fully saturated rings. The van der Waals surface area contributed by atoms with E-state index in [2.05, 4.69) is 31.5 Å². The van der Waals surface area contributed by atoms with Gasteiger partial charge in [-0.25, -0.2) is 0 Å². The van der Waals surface area contributed by atoms with Crippen molar-refractivity contribution >= 4 is 21.6 Å². The van der Waals surface area contributed by atoms with Gasteiger partial charge in [-0.2, -0.15) is 4.68 Å². The zero-order valence-corrected chi connectivity index (χ0v) is 12.4. The molecule has 2 N–H and O–H groups in total. The van der Waals surface area contributed by atoms with Crippen molar-refractivity contribution in [2.75, 3.05) is 5.73 Å². The second kappa shape index (κ2) is 5.05. The largest absolute Gasteiger partial charge is 0.398 e. The van der Waals surface area contributed by atoms with Crippen molar-refractivity contribution < 1.29 is 0 Å². The van der Waals surface area contributed by atoms with Crippen LogP contribution in [-0.2, 0) is 0 Å². The number of anilines is 1. The number of aromatic nitrogens is 4. The molecule has 3 aromatic rings. The molecule has 0 aliphatic rings. The standard InChI is InChI=1S/C14H12BrN5/c1-9-6-7-11(15)13(8-9)20-14(17-18-19-20)10-4-2-3-5-12(10)16/h2-8H,16H2,1H3. The lowest BCUT2D eigenvalue weighted by Gasteiger charge is -2.09. The number of rotatable bonds is 2. The summed E-state index contributed by atoms with van der Waals surface area (Å²) in [6.07, 6.45) is 0. The molecule has 20 heavy (non-hydrogen) atoms. The molecule has 0 bridgehead atoms. The first-order valence-electron chi connectivity index (χ1n) is 6.06. The van der Waals surface area contributed by atoms with Gasteiger partial charge in [0.25, 0.3) is 0 Å². The van der Waals surface area contributed by atoms with E-state index in [9.17, 15) is 0 Å². The molecule has 2 aromatic carbocycles. The molecule has 0 spiro atoms. The SMILES string of the molecule is Cc1ccc(Br)c(-n2nnnc2-c2ccccc2N)c1. The van der Waals surface area contributed by atoms with Crippen LogP contribution < -0.4 is 5.73 Å². The molecule has 0 aliphatic heterocycles. The number of halogens is 1. The molecule has 0 unspecified atom stereocenters. The fourth-order valence-corrected chi connectivity index (χ4v) is 2.42. The van der Waals surface area contributed by atoms with E-state index >= 15 is 0 Å². The van der Waals surface area contributed by atoms with Crippen LogP contribution in [0.25, 0.3) is 17.1 Å². The Bertz CT molecular complexity index is 766. The van der Waals surface area contributed by atoms with E-state index in [1.54, 1.807) is 4.68 Å². The maximum Gasteiger partial charge on any atom is 0.189 e. The highest BCUT2D eigenvalue weighted by Crippen LogP contribution is 2.28. The summed E-state index contributed by atoms with van der Waals surface area (Å²) in [6, 6.07) is 13.6. The third-order valence-corrected chi connectivity index (χ3v) is 3.67. The monoisotopic (exact) mass is 329 g/mol. The van der Waals surface area contributed by atoms with Crippen molar-refractivity contribution in [1.29, 1.82) is 0 Å². The van der Waals surface area contributed by atoms with Crippen molar-refractivity contribution in [2.24, 2.45) is 0 Å². The van der Waals surface area contributed by atoms with Gasteiger partial charge in [0.05, 0.1) is 5.69 Å². The number of tetrazole rings is 1. The Hall–Kier alpha value is -2.21. The predicted molar refractivity (Wildman–Crippen MR) is 81.4 cm³/mol. The van der Waals surface area contributed by atoms with Crippen LogP contribution in [-0.4, -0.2) is 20.2 Å². The Balaban J connectivity index is 2.21. The molecule has 1 aromatic heterocycles. The summed E-state index contributed by atoms with van der Waals surface area (Å²) in [4.78, 5) is 0. The van der Waals surface area contributed by atoms with Crippen molar-refractivity contribution in [2.45, 2.75) is 6.92 Å². The number of hydrogen-bond acceptors (Lipinski definition) is 4. The van der Waals surface area contributed by atoms with E-state index in [1.165, 1.54) is 0 Å². The summed E-state index contributed by atoms with van der Waals surface area (Å²) in [5.41, 5.74) is 9.48. The number of aryl methyl sites for hydroxylation is 1. The number of hydrogen-bond donors (Lipinski definition) is 1. The molecule has 0 saturated carbocycles. The van der Waals surface area contributed by atoms with Gasteiger partial charge in [0.1, 0.15) is 0 Å². The number of nitrogens with two attached hydrogens (primary N) is 1. The topological polar surface area (TPSA) is 69.6 Å². The van der Waals surface area contributed by atoms with Crippen LogP contribution in [0.4, 0.5) is 5.69 Å². The first-order valence-corrected chi connectivity index (χ1v) is 6.86. The van der Waals surface area contributed by atoms with E-state index in [-0.39, 0.29) is 0 Å². The summed E-state index contributed by atoms with van der Waals surface area (Å²) in [5, 5.41) is 11.9. The van der Waals surface area contributed by atoms with Gasteiger partial charge < -0.3 is 5.73 Å². The first kappa shape index (κ1) is 12.8. The molecule has 0 aliphatic carbocycles. The molecule has 6 heteroatoms. The minimum Gasteiger partial charge on any atom is -0.398 e. The van der Waals surface area contributed by atoms with Gasteiger partial charge in [0.15, 0.2) is 5.82 Å². The number of nitrogens with zero attached hydrogens (tertiary/aromatic N) is 4. The van der Waals surface area contributed by atoms with Gasteiger partial charge >= 0.3 is 0 Å². The fraction of sp³-hybridized carbons (Fsp3) is 0.0714. The number of nitrogen functional groups attached to an aromatic ring is 1. The quantitative estimate of drug-likeness (QED) is 0.734. The Morgan fingerprint density at radius 2 is 1.95 bits per heavy atom. The van der Waals surface area contributed by atoms with Crippen LogP contribution in [0, 0.1) is 6.92 Å². The van der Waals surface area contributed by atoms with Gasteiger partial charge in [-0.05, 0) is 63.1 Å². The van der Waals surface area contributed by atoms with Crippen LogP contribution in [0.1, 0.15) is 5.56 Å². The Kier molecular flexibility index (Phi) is 3.23. The third-order valence-electron chi connectivity index (χ3n) is 3.00. The summed E-state index contributed by atoms with van der Waals surface area (Å²) in [6.45, 7) is 2.02. The smallest absolute Gasteiger partial charge is 0.189 e. The summed E-state index contributed by atoms with van der Waals surface area (Å²) >= 11 is 3.53. The van der Waals surface area contributed by atoms with Gasteiger partial charge in [0.2, 0.25) is 0 Å². The van der Waals surface area contributed by atoms with Gasteiger partial charge in [-0.3, -0.25) is 0 Å². The minimum absolute atomic E-state index is 0.620. The van der Waals surface area contributed by atoms with Gasteiger partial charge in [-0.1, -0.05) is 18.2 Å². The van der Waals surface area contributed by atoms with E-state index in [0.717, 1.165) is 21.3 Å². The average molecular weight is 330 g/mol. The molecule has 0 atom stereocenters. The molecule has 0 saturated heterocycles. The van der Waals surface area contributed by atoms with Crippen LogP contribution in [0.2, 0.25) is 0 Å². The summed E-state index contributed by atoms with van der Waals surface area (Å²) in [7, 11) is 0. The molecule has 0 radical (unpaired) electrons.